The van der Waals surface area contributed by atoms with Crippen LogP contribution >= 0.6 is 0 Å². The molecule has 0 atom stereocenters. The predicted molar refractivity (Wildman–Crippen MR) is 51.3 cm³/mol. The van der Waals surface area contributed by atoms with Gasteiger partial charge in [-0.25, -0.2) is 0 Å². The van der Waals surface area contributed by atoms with Crippen LogP contribution in [-0.2, 0) is 6.42 Å². The van der Waals surface area contributed by atoms with Gasteiger partial charge in [-0.15, -0.1) is 0 Å². The molecule has 12 heavy (non-hydrogen) atoms. The summed E-state index contributed by atoms with van der Waals surface area (Å²) in [5.74, 6) is 0.910. The first-order valence-corrected chi connectivity index (χ1v) is 4.23. The lowest BCUT2D eigenvalue weighted by molar-refractivity contribution is 0.480. The van der Waals surface area contributed by atoms with E-state index in [0.717, 1.165) is 12.2 Å². The third-order valence-electron chi connectivity index (χ3n) is 1.65. The van der Waals surface area contributed by atoms with E-state index in [9.17, 15) is 0 Å². The maximum Gasteiger partial charge on any atom is 0.126 e. The Bertz CT molecular complexity index is 263. The van der Waals surface area contributed by atoms with E-state index in [2.05, 4.69) is 19.1 Å². The Hall–Kier alpha value is -1.24. The molecule has 0 aliphatic carbocycles. The summed E-state index contributed by atoms with van der Waals surface area (Å²) in [6.07, 6.45) is 4.61. The summed E-state index contributed by atoms with van der Waals surface area (Å²) in [5.41, 5.74) is 1.30. The molecule has 64 valence electrons. The van der Waals surface area contributed by atoms with Gasteiger partial charge in [0.25, 0.3) is 0 Å². The Kier molecular flexibility index (Phi) is 3.39. The number of aryl methyl sites for hydroxylation is 1. The number of hydrogen-bond acceptors (Lipinski definition) is 1. The normalized spacial score (nSPS) is 10.5. The van der Waals surface area contributed by atoms with Gasteiger partial charge >= 0.3 is 0 Å². The minimum absolute atomic E-state index is 0.910. The Morgan fingerprint density at radius 3 is 2.92 bits per heavy atom. The molecule has 0 unspecified atom stereocenters. The summed E-state index contributed by atoms with van der Waals surface area (Å²) in [4.78, 5) is 0. The first-order chi connectivity index (χ1) is 5.86. The maximum atomic E-state index is 5.32. The van der Waals surface area contributed by atoms with E-state index in [0.29, 0.717) is 0 Å². The second kappa shape index (κ2) is 4.60. The lowest BCUT2D eigenvalue weighted by atomic mass is 10.2. The molecule has 1 heteroatoms. The zero-order chi connectivity index (χ0) is 8.81. The molecule has 0 N–H and O–H groups in total. The average molecular weight is 162 g/mol. The van der Waals surface area contributed by atoms with Crippen molar-refractivity contribution in [2.45, 2.75) is 20.3 Å². The Labute approximate surface area is 73.7 Å². The molecular weight excluding hydrogens is 148 g/mol. The molecule has 0 fully saturated rings. The smallest absolute Gasteiger partial charge is 0.126 e. The minimum Gasteiger partial charge on any atom is -0.465 e. The lowest BCUT2D eigenvalue weighted by Crippen LogP contribution is -1.84. The van der Waals surface area contributed by atoms with Gasteiger partial charge in [-0.05, 0) is 31.0 Å². The molecule has 1 rings (SSSR count). The molecule has 1 aromatic carbocycles. The summed E-state index contributed by atoms with van der Waals surface area (Å²) >= 11 is 0. The second-order valence-electron chi connectivity index (χ2n) is 2.59. The zero-order valence-corrected chi connectivity index (χ0v) is 7.58. The number of allylic oxidation sites excluding steroid dienone is 1. The van der Waals surface area contributed by atoms with Gasteiger partial charge in [-0.1, -0.05) is 25.1 Å². The van der Waals surface area contributed by atoms with Crippen LogP contribution in [0.25, 0.3) is 0 Å². The van der Waals surface area contributed by atoms with E-state index in [1.807, 2.05) is 25.1 Å². The minimum atomic E-state index is 0.910. The van der Waals surface area contributed by atoms with Crippen molar-refractivity contribution >= 4 is 0 Å². The van der Waals surface area contributed by atoms with Crippen LogP contribution in [0.1, 0.15) is 19.4 Å². The lowest BCUT2D eigenvalue weighted by Gasteiger charge is -2.01. The van der Waals surface area contributed by atoms with Crippen molar-refractivity contribution in [3.05, 3.63) is 42.2 Å². The van der Waals surface area contributed by atoms with Crippen LogP contribution in [0.2, 0.25) is 0 Å². The standard InChI is InChI=1S/C11H14O/c1-3-8-12-11-7-5-6-10(4-2)9-11/h3,5-9H,4H2,1-2H3/b8-3-. The van der Waals surface area contributed by atoms with E-state index < -0.39 is 0 Å². The molecule has 1 nitrogen and oxygen atoms in total. The monoisotopic (exact) mass is 162 g/mol. The molecule has 0 spiro atoms. The van der Waals surface area contributed by atoms with Gasteiger partial charge in [0.2, 0.25) is 0 Å². The third-order valence-corrected chi connectivity index (χ3v) is 1.65. The molecule has 0 aliphatic rings. The maximum absolute atomic E-state index is 5.32. The first kappa shape index (κ1) is 8.85. The van der Waals surface area contributed by atoms with E-state index in [4.69, 9.17) is 4.74 Å². The molecular formula is C11H14O. The highest BCUT2D eigenvalue weighted by atomic mass is 16.5. The SMILES string of the molecule is C/C=C\Oc1cccc(CC)c1. The summed E-state index contributed by atoms with van der Waals surface area (Å²) in [6.45, 7) is 4.07. The van der Waals surface area contributed by atoms with Crippen LogP contribution < -0.4 is 4.74 Å². The fourth-order valence-electron chi connectivity index (χ4n) is 0.985. The van der Waals surface area contributed by atoms with E-state index >= 15 is 0 Å². The first-order valence-electron chi connectivity index (χ1n) is 4.23. The quantitative estimate of drug-likeness (QED) is 0.620. The molecule has 0 aromatic heterocycles. The summed E-state index contributed by atoms with van der Waals surface area (Å²) in [6, 6.07) is 8.12. The van der Waals surface area contributed by atoms with Crippen molar-refractivity contribution in [1.29, 1.82) is 0 Å². The van der Waals surface area contributed by atoms with Gasteiger partial charge < -0.3 is 4.74 Å². The highest BCUT2D eigenvalue weighted by Gasteiger charge is 1.91. The molecule has 1 aromatic rings. The molecule has 0 bridgehead atoms. The van der Waals surface area contributed by atoms with Crippen LogP contribution in [0.15, 0.2) is 36.6 Å². The van der Waals surface area contributed by atoms with Gasteiger partial charge in [0.05, 0.1) is 6.26 Å². The largest absolute Gasteiger partial charge is 0.465 e. The average Bonchev–Trinajstić information content (AvgIpc) is 2.15. The van der Waals surface area contributed by atoms with Gasteiger partial charge in [-0.2, -0.15) is 0 Å². The van der Waals surface area contributed by atoms with E-state index in [-0.39, 0.29) is 0 Å². The van der Waals surface area contributed by atoms with Crippen molar-refractivity contribution in [1.82, 2.24) is 0 Å². The summed E-state index contributed by atoms with van der Waals surface area (Å²) in [5, 5.41) is 0. The van der Waals surface area contributed by atoms with Crippen molar-refractivity contribution < 1.29 is 4.74 Å². The van der Waals surface area contributed by atoms with E-state index in [1.165, 1.54) is 5.56 Å². The molecule has 0 amide bonds. The van der Waals surface area contributed by atoms with Crippen molar-refractivity contribution in [3.8, 4) is 5.75 Å². The van der Waals surface area contributed by atoms with Gasteiger partial charge in [-0.3, -0.25) is 0 Å². The second-order valence-corrected chi connectivity index (χ2v) is 2.59. The van der Waals surface area contributed by atoms with Crippen LogP contribution in [0.3, 0.4) is 0 Å². The number of ether oxygens (including phenoxy) is 1. The third kappa shape index (κ3) is 2.42. The molecule has 0 heterocycles. The van der Waals surface area contributed by atoms with Gasteiger partial charge in [0.15, 0.2) is 0 Å². The highest BCUT2D eigenvalue weighted by Crippen LogP contribution is 2.13. The molecule has 0 aliphatic heterocycles. The van der Waals surface area contributed by atoms with Crippen LogP contribution in [0, 0.1) is 0 Å². The van der Waals surface area contributed by atoms with Crippen molar-refractivity contribution in [2.24, 2.45) is 0 Å². The molecule has 0 radical (unpaired) electrons. The Balaban J connectivity index is 2.72. The van der Waals surface area contributed by atoms with Crippen molar-refractivity contribution in [3.63, 3.8) is 0 Å². The van der Waals surface area contributed by atoms with Crippen LogP contribution in [0.4, 0.5) is 0 Å². The summed E-state index contributed by atoms with van der Waals surface area (Å²) < 4.78 is 5.32. The fraction of sp³-hybridized carbons (Fsp3) is 0.273. The van der Waals surface area contributed by atoms with Crippen LogP contribution in [-0.4, -0.2) is 0 Å². The predicted octanol–water partition coefficient (Wildman–Crippen LogP) is 3.16. The van der Waals surface area contributed by atoms with Crippen LogP contribution in [0.5, 0.6) is 5.75 Å². The van der Waals surface area contributed by atoms with Gasteiger partial charge in [0.1, 0.15) is 5.75 Å². The topological polar surface area (TPSA) is 9.23 Å². The number of benzene rings is 1. The zero-order valence-electron chi connectivity index (χ0n) is 7.58. The van der Waals surface area contributed by atoms with Crippen molar-refractivity contribution in [2.75, 3.05) is 0 Å². The highest BCUT2D eigenvalue weighted by molar-refractivity contribution is 5.28. The van der Waals surface area contributed by atoms with E-state index in [1.54, 1.807) is 6.26 Å². The Morgan fingerprint density at radius 1 is 1.42 bits per heavy atom. The fourth-order valence-corrected chi connectivity index (χ4v) is 0.985. The number of rotatable bonds is 3. The molecule has 0 saturated carbocycles. The molecule has 0 saturated heterocycles. The van der Waals surface area contributed by atoms with Gasteiger partial charge in [0, 0.05) is 0 Å². The number of hydrogen-bond donors (Lipinski definition) is 0. The Morgan fingerprint density at radius 2 is 2.25 bits per heavy atom. The summed E-state index contributed by atoms with van der Waals surface area (Å²) in [7, 11) is 0.